The Hall–Kier alpha value is -3.01. The molecular weight excluding hydrogens is 482 g/mol. The van der Waals surface area contributed by atoms with Gasteiger partial charge in [0.25, 0.3) is 0 Å². The van der Waals surface area contributed by atoms with Gasteiger partial charge in [-0.25, -0.2) is 0 Å². The first kappa shape index (κ1) is 30.2. The number of aromatic amines is 1. The number of hydrogen-bond acceptors (Lipinski definition) is 8. The molecule has 0 saturated carbocycles. The van der Waals surface area contributed by atoms with Crippen LogP contribution in [0.25, 0.3) is 10.9 Å². The number of carbonyl (C=O) groups excluding carboxylic acids is 1. The fraction of sp³-hybridized carbons (Fsp3) is 0.429. The Morgan fingerprint density at radius 2 is 2.03 bits per heavy atom. The summed E-state index contributed by atoms with van der Waals surface area (Å²) in [6, 6.07) is 9.12. The minimum atomic E-state index is 0.592. The molecule has 1 aromatic heterocycles. The zero-order valence-corrected chi connectivity index (χ0v) is 23.1. The number of unbranched alkanes of at least 4 members (excludes halogenated alkanes) is 1. The Morgan fingerprint density at radius 1 is 1.27 bits per heavy atom. The molecular formula is C28H43N7OS. The maximum Gasteiger partial charge on any atom is 0.157 e. The first-order valence-electron chi connectivity index (χ1n) is 12.8. The first-order valence-corrected chi connectivity index (χ1v) is 13.8. The molecule has 2 heterocycles. The second-order valence-corrected chi connectivity index (χ2v) is 9.87. The van der Waals surface area contributed by atoms with Crippen molar-refractivity contribution in [1.82, 2.24) is 20.1 Å². The molecule has 1 atom stereocenters. The largest absolute Gasteiger partial charge is 0.405 e. The summed E-state index contributed by atoms with van der Waals surface area (Å²) >= 11 is 1.47. The summed E-state index contributed by atoms with van der Waals surface area (Å²) in [4.78, 5) is 22.8. The van der Waals surface area contributed by atoms with Gasteiger partial charge in [0.15, 0.2) is 6.29 Å². The summed E-state index contributed by atoms with van der Waals surface area (Å²) in [6.07, 6.45) is 14.2. The Bertz CT molecular complexity index is 1040. The van der Waals surface area contributed by atoms with Gasteiger partial charge in [-0.15, -0.1) is 11.8 Å². The molecule has 6 N–H and O–H groups in total. The highest BCUT2D eigenvalue weighted by atomic mass is 32.2. The standard InChI is InChI=1S/C15H22N2.C13H21N5OS/c1-3-4-7-13(16-2)10-12-11-17-15-9-6-5-8-14(12)15;1-16-9-13(10-19)20-11-17-4-6-18(7-5-17)12(8-15)2-3-14/h5-6,8-9,11,13,16-17H,3-4,7,10H2,1-2H3;2-3,8-10H,1,4-7,11,14-15H2/b;3-2-,12-8+,13-9-. The van der Waals surface area contributed by atoms with Crippen LogP contribution < -0.4 is 16.8 Å². The van der Waals surface area contributed by atoms with Crippen LogP contribution in [0.4, 0.5) is 0 Å². The van der Waals surface area contributed by atoms with E-state index in [1.807, 2.05) is 0 Å². The quantitative estimate of drug-likeness (QED) is 0.136. The van der Waals surface area contributed by atoms with Crippen molar-refractivity contribution in [3.05, 3.63) is 71.3 Å². The van der Waals surface area contributed by atoms with Gasteiger partial charge in [0.1, 0.15) is 0 Å². The molecule has 0 bridgehead atoms. The third-order valence-corrected chi connectivity index (χ3v) is 7.41. The number of benzene rings is 1. The second-order valence-electron chi connectivity index (χ2n) is 8.85. The van der Waals surface area contributed by atoms with Gasteiger partial charge in [-0.3, -0.25) is 14.7 Å². The molecule has 1 unspecified atom stereocenters. The average molecular weight is 526 g/mol. The summed E-state index contributed by atoms with van der Waals surface area (Å²) in [5, 5.41) is 4.79. The molecule has 1 saturated heterocycles. The lowest BCUT2D eigenvalue weighted by Gasteiger charge is -2.36. The fourth-order valence-corrected chi connectivity index (χ4v) is 5.03. The van der Waals surface area contributed by atoms with E-state index in [-0.39, 0.29) is 0 Å². The van der Waals surface area contributed by atoms with Gasteiger partial charge in [0.2, 0.25) is 0 Å². The number of fused-ring (bicyclic) bond motifs is 1. The van der Waals surface area contributed by atoms with Crippen molar-refractivity contribution >= 4 is 35.7 Å². The van der Waals surface area contributed by atoms with Crippen LogP contribution in [0.1, 0.15) is 31.7 Å². The third-order valence-electron chi connectivity index (χ3n) is 6.38. The van der Waals surface area contributed by atoms with E-state index < -0.39 is 0 Å². The lowest BCUT2D eigenvalue weighted by Crippen LogP contribution is -2.45. The zero-order valence-electron chi connectivity index (χ0n) is 22.2. The van der Waals surface area contributed by atoms with Gasteiger partial charge in [-0.1, -0.05) is 38.0 Å². The number of thioether (sulfide) groups is 1. The molecule has 37 heavy (non-hydrogen) atoms. The molecule has 0 aliphatic carbocycles. The van der Waals surface area contributed by atoms with E-state index in [1.165, 1.54) is 59.9 Å². The van der Waals surface area contributed by atoms with E-state index in [0.717, 1.165) is 50.5 Å². The molecule has 0 spiro atoms. The van der Waals surface area contributed by atoms with Crippen LogP contribution in [0, 0.1) is 0 Å². The van der Waals surface area contributed by atoms with Crippen molar-refractivity contribution in [2.75, 3.05) is 39.1 Å². The van der Waals surface area contributed by atoms with Crippen LogP contribution in [-0.4, -0.2) is 72.9 Å². The van der Waals surface area contributed by atoms with Gasteiger partial charge < -0.3 is 26.7 Å². The molecule has 8 nitrogen and oxygen atoms in total. The summed E-state index contributed by atoms with van der Waals surface area (Å²) in [5.74, 6) is 0.766. The molecule has 2 aromatic rings. The number of aldehydes is 1. The van der Waals surface area contributed by atoms with Crippen LogP contribution in [0.3, 0.4) is 0 Å². The van der Waals surface area contributed by atoms with E-state index in [9.17, 15) is 4.79 Å². The van der Waals surface area contributed by atoms with Crippen LogP contribution in [0.2, 0.25) is 0 Å². The smallest absolute Gasteiger partial charge is 0.157 e. The Kier molecular flexibility index (Phi) is 14.2. The van der Waals surface area contributed by atoms with Crippen LogP contribution in [-0.2, 0) is 11.2 Å². The summed E-state index contributed by atoms with van der Waals surface area (Å²) < 4.78 is 0. The second kappa shape index (κ2) is 17.4. The predicted molar refractivity (Wildman–Crippen MR) is 159 cm³/mol. The van der Waals surface area contributed by atoms with E-state index in [2.05, 4.69) is 76.2 Å². The van der Waals surface area contributed by atoms with Gasteiger partial charge in [0.05, 0.1) is 10.6 Å². The monoisotopic (exact) mass is 525 g/mol. The van der Waals surface area contributed by atoms with E-state index in [1.54, 1.807) is 12.3 Å². The van der Waals surface area contributed by atoms with Crippen molar-refractivity contribution in [3.8, 4) is 0 Å². The molecule has 9 heteroatoms. The number of allylic oxidation sites excluding steroid dienone is 2. The number of aromatic nitrogens is 1. The van der Waals surface area contributed by atoms with Crippen molar-refractivity contribution in [1.29, 1.82) is 0 Å². The third kappa shape index (κ3) is 10.1. The number of nitrogens with one attached hydrogen (secondary N) is 2. The molecule has 1 fully saturated rings. The number of nitrogens with two attached hydrogens (primary N) is 2. The fourth-order valence-electron chi connectivity index (χ4n) is 4.22. The Morgan fingerprint density at radius 3 is 2.65 bits per heavy atom. The summed E-state index contributed by atoms with van der Waals surface area (Å²) in [7, 11) is 2.06. The average Bonchev–Trinajstić information content (AvgIpc) is 3.35. The van der Waals surface area contributed by atoms with E-state index in [0.29, 0.717) is 10.9 Å². The predicted octanol–water partition coefficient (Wildman–Crippen LogP) is 3.80. The number of para-hydroxylation sites is 1. The van der Waals surface area contributed by atoms with Crippen molar-refractivity contribution in [3.63, 3.8) is 0 Å². The SMILES string of the molecule is C=N/C=C(/C=O)SCN1CCN(C(/C=C\N)=C/N)CC1.CCCCC(Cc1c[nH]c2ccccc12)NC. The summed E-state index contributed by atoms with van der Waals surface area (Å²) in [6.45, 7) is 9.19. The zero-order chi connectivity index (χ0) is 26.9. The Balaban J connectivity index is 0.000000263. The van der Waals surface area contributed by atoms with Crippen LogP contribution >= 0.6 is 11.8 Å². The molecule has 0 amide bonds. The lowest BCUT2D eigenvalue weighted by molar-refractivity contribution is -0.104. The number of likely N-dealkylation sites (N-methyl/N-ethyl adjacent to an activating group) is 1. The maximum atomic E-state index is 10.8. The van der Waals surface area contributed by atoms with Gasteiger partial charge >= 0.3 is 0 Å². The van der Waals surface area contributed by atoms with E-state index >= 15 is 0 Å². The van der Waals surface area contributed by atoms with Crippen LogP contribution in [0.15, 0.2) is 70.7 Å². The number of nitrogens with zero attached hydrogens (tertiary/aromatic N) is 3. The van der Waals surface area contributed by atoms with Gasteiger partial charge in [-0.05, 0) is 50.5 Å². The molecule has 1 aliphatic heterocycles. The Labute approximate surface area is 225 Å². The highest BCUT2D eigenvalue weighted by Crippen LogP contribution is 2.20. The molecule has 1 aromatic carbocycles. The van der Waals surface area contributed by atoms with Gasteiger partial charge in [-0.2, -0.15) is 0 Å². The summed E-state index contributed by atoms with van der Waals surface area (Å²) in [5.41, 5.74) is 14.6. The van der Waals surface area contributed by atoms with Crippen molar-refractivity contribution in [2.45, 2.75) is 38.6 Å². The molecule has 0 radical (unpaired) electrons. The number of hydrogen-bond donors (Lipinski definition) is 4. The molecule has 202 valence electrons. The van der Waals surface area contributed by atoms with Crippen LogP contribution in [0.5, 0.6) is 0 Å². The minimum Gasteiger partial charge on any atom is -0.405 e. The number of rotatable bonds is 13. The van der Waals surface area contributed by atoms with E-state index in [4.69, 9.17) is 11.5 Å². The minimum absolute atomic E-state index is 0.592. The number of carbonyl (C=O) groups is 1. The molecule has 1 aliphatic rings. The lowest BCUT2D eigenvalue weighted by atomic mass is 10.0. The number of H-pyrrole nitrogens is 1. The van der Waals surface area contributed by atoms with Gasteiger partial charge in [0, 0.05) is 67.6 Å². The normalized spacial score (nSPS) is 16.0. The highest BCUT2D eigenvalue weighted by molar-refractivity contribution is 8.03. The molecule has 3 rings (SSSR count). The van der Waals surface area contributed by atoms with Crippen molar-refractivity contribution in [2.24, 2.45) is 16.5 Å². The maximum absolute atomic E-state index is 10.8. The highest BCUT2D eigenvalue weighted by Gasteiger charge is 2.17. The first-order chi connectivity index (χ1) is 18.1. The number of piperazine rings is 1. The van der Waals surface area contributed by atoms with Crippen molar-refractivity contribution < 1.29 is 4.79 Å². The number of aliphatic imine (C=N–C) groups is 1. The topological polar surface area (TPSA) is 116 Å².